The number of carbonyl (C=O) groups is 1. The summed E-state index contributed by atoms with van der Waals surface area (Å²) in [6.45, 7) is 2.89. The molecule has 0 bridgehead atoms. The summed E-state index contributed by atoms with van der Waals surface area (Å²) in [5.41, 5.74) is 4.52. The zero-order valence-electron chi connectivity index (χ0n) is 12.9. The van der Waals surface area contributed by atoms with E-state index in [1.165, 1.54) is 11.3 Å². The van der Waals surface area contributed by atoms with Crippen LogP contribution in [0.3, 0.4) is 0 Å². The van der Waals surface area contributed by atoms with Crippen LogP contribution in [0.4, 0.5) is 0 Å². The Hall–Kier alpha value is -2.87. The lowest BCUT2D eigenvalue weighted by atomic mass is 10.2. The van der Waals surface area contributed by atoms with E-state index in [1.807, 2.05) is 29.8 Å². The second-order valence-electron chi connectivity index (χ2n) is 5.20. The number of nitrogens with one attached hydrogen (secondary N) is 1. The van der Waals surface area contributed by atoms with Gasteiger partial charge in [-0.15, -0.1) is 11.3 Å². The fraction of sp³-hybridized carbons (Fsp3) is 0.188. The van der Waals surface area contributed by atoms with Crippen molar-refractivity contribution in [3.05, 3.63) is 46.7 Å². The second kappa shape index (κ2) is 5.97. The molecule has 2 aromatic heterocycles. The zero-order chi connectivity index (χ0) is 16.5. The summed E-state index contributed by atoms with van der Waals surface area (Å²) in [5, 5.41) is 5.91. The van der Waals surface area contributed by atoms with Crippen LogP contribution in [-0.2, 0) is 0 Å². The van der Waals surface area contributed by atoms with Crippen molar-refractivity contribution in [3.8, 4) is 11.5 Å². The third-order valence-corrected chi connectivity index (χ3v) is 4.35. The van der Waals surface area contributed by atoms with Crippen LogP contribution in [-0.4, -0.2) is 34.7 Å². The summed E-state index contributed by atoms with van der Waals surface area (Å²) >= 11 is 1.48. The third-order valence-electron chi connectivity index (χ3n) is 3.60. The highest BCUT2D eigenvalue weighted by molar-refractivity contribution is 7.15. The van der Waals surface area contributed by atoms with Crippen molar-refractivity contribution < 1.29 is 14.3 Å². The van der Waals surface area contributed by atoms with E-state index in [-0.39, 0.29) is 5.91 Å². The Morgan fingerprint density at radius 2 is 2.21 bits per heavy atom. The molecule has 1 amide bonds. The van der Waals surface area contributed by atoms with Crippen LogP contribution in [0.1, 0.15) is 21.7 Å². The monoisotopic (exact) mass is 342 g/mol. The van der Waals surface area contributed by atoms with Crippen LogP contribution in [0.15, 0.2) is 34.9 Å². The van der Waals surface area contributed by atoms with E-state index < -0.39 is 0 Å². The molecule has 0 saturated heterocycles. The lowest BCUT2D eigenvalue weighted by molar-refractivity contribution is 0.0948. The van der Waals surface area contributed by atoms with E-state index in [1.54, 1.807) is 17.5 Å². The molecule has 0 atom stereocenters. The first kappa shape index (κ1) is 14.7. The van der Waals surface area contributed by atoms with Gasteiger partial charge in [0, 0.05) is 11.6 Å². The molecule has 1 aliphatic heterocycles. The highest BCUT2D eigenvalue weighted by Gasteiger charge is 2.16. The summed E-state index contributed by atoms with van der Waals surface area (Å²) in [6.07, 6.45) is 3.39. The highest BCUT2D eigenvalue weighted by atomic mass is 32.1. The average molecular weight is 342 g/mol. The molecule has 0 radical (unpaired) electrons. The molecule has 4 rings (SSSR count). The van der Waals surface area contributed by atoms with Gasteiger partial charge in [-0.1, -0.05) is 0 Å². The molecule has 122 valence electrons. The molecule has 3 aromatic rings. The number of hydrazone groups is 1. The Morgan fingerprint density at radius 3 is 3.08 bits per heavy atom. The number of hydrogen-bond donors (Lipinski definition) is 1. The molecule has 8 heteroatoms. The van der Waals surface area contributed by atoms with E-state index in [4.69, 9.17) is 9.47 Å². The van der Waals surface area contributed by atoms with Crippen molar-refractivity contribution in [2.24, 2.45) is 5.10 Å². The smallest absolute Gasteiger partial charge is 0.290 e. The van der Waals surface area contributed by atoms with Gasteiger partial charge < -0.3 is 9.47 Å². The summed E-state index contributed by atoms with van der Waals surface area (Å²) in [5.74, 6) is 1.10. The number of carbonyl (C=O) groups excluding carboxylic acids is 1. The molecule has 0 spiro atoms. The molecule has 1 aromatic carbocycles. The van der Waals surface area contributed by atoms with Crippen molar-refractivity contribution in [2.75, 3.05) is 13.2 Å². The van der Waals surface area contributed by atoms with E-state index in [0.717, 1.165) is 16.3 Å². The fourth-order valence-electron chi connectivity index (χ4n) is 2.53. The maximum Gasteiger partial charge on any atom is 0.290 e. The fourth-order valence-corrected chi connectivity index (χ4v) is 3.29. The number of ether oxygens (including phenoxy) is 2. The number of thiazole rings is 1. The van der Waals surface area contributed by atoms with E-state index in [9.17, 15) is 4.79 Å². The predicted octanol–water partition coefficient (Wildman–Crippen LogP) is 2.24. The average Bonchev–Trinajstić information content (AvgIpc) is 3.14. The number of rotatable bonds is 3. The number of fused-ring (bicyclic) bond motifs is 2. The number of imidazole rings is 1. The maximum atomic E-state index is 12.3. The van der Waals surface area contributed by atoms with Crippen LogP contribution in [0, 0.1) is 6.92 Å². The summed E-state index contributed by atoms with van der Waals surface area (Å²) in [6, 6.07) is 5.50. The topological polar surface area (TPSA) is 77.2 Å². The Balaban J connectivity index is 1.50. The molecule has 7 nitrogen and oxygen atoms in total. The molecular formula is C16H14N4O3S. The first-order chi connectivity index (χ1) is 11.7. The van der Waals surface area contributed by atoms with Gasteiger partial charge in [-0.3, -0.25) is 9.20 Å². The highest BCUT2D eigenvalue weighted by Crippen LogP contribution is 2.30. The van der Waals surface area contributed by atoms with Gasteiger partial charge >= 0.3 is 0 Å². The Morgan fingerprint density at radius 1 is 1.38 bits per heavy atom. The van der Waals surface area contributed by atoms with Gasteiger partial charge in [-0.05, 0) is 30.7 Å². The molecule has 3 heterocycles. The number of hydrogen-bond acceptors (Lipinski definition) is 6. The van der Waals surface area contributed by atoms with Gasteiger partial charge in [0.15, 0.2) is 16.5 Å². The molecule has 0 saturated carbocycles. The van der Waals surface area contributed by atoms with E-state index in [2.05, 4.69) is 15.5 Å². The van der Waals surface area contributed by atoms with Crippen LogP contribution in [0.25, 0.3) is 4.96 Å². The van der Waals surface area contributed by atoms with Crippen LogP contribution in [0.5, 0.6) is 11.5 Å². The number of amides is 1. The number of nitrogens with zero attached hydrogens (tertiary/aromatic N) is 3. The molecular weight excluding hydrogens is 328 g/mol. The summed E-state index contributed by atoms with van der Waals surface area (Å²) in [4.78, 5) is 17.5. The molecule has 0 aliphatic carbocycles. The lowest BCUT2D eigenvalue weighted by Gasteiger charge is -2.18. The normalized spacial score (nSPS) is 13.5. The van der Waals surface area contributed by atoms with Crippen LogP contribution in [0.2, 0.25) is 0 Å². The SMILES string of the molecule is Cc1nc2sccn2c1C(=O)N/N=C\c1ccc2c(c1)OCCO2. The number of benzene rings is 1. The molecule has 1 aliphatic rings. The van der Waals surface area contributed by atoms with Crippen molar-refractivity contribution in [3.63, 3.8) is 0 Å². The van der Waals surface area contributed by atoms with Gasteiger partial charge in [0.05, 0.1) is 11.9 Å². The molecule has 1 N–H and O–H groups in total. The van der Waals surface area contributed by atoms with E-state index >= 15 is 0 Å². The van der Waals surface area contributed by atoms with Crippen molar-refractivity contribution in [1.29, 1.82) is 0 Å². The first-order valence-electron chi connectivity index (χ1n) is 7.37. The largest absolute Gasteiger partial charge is 0.486 e. The standard InChI is InChI=1S/C16H14N4O3S/c1-10-14(20-4-7-24-16(20)18-10)15(21)19-17-9-11-2-3-12-13(8-11)23-6-5-22-12/h2-4,7-9H,5-6H2,1H3,(H,19,21)/b17-9-. The minimum absolute atomic E-state index is 0.299. The lowest BCUT2D eigenvalue weighted by Crippen LogP contribution is -2.20. The summed E-state index contributed by atoms with van der Waals surface area (Å²) in [7, 11) is 0. The number of aryl methyl sites for hydroxylation is 1. The predicted molar refractivity (Wildman–Crippen MR) is 90.3 cm³/mol. The maximum absolute atomic E-state index is 12.3. The Kier molecular flexibility index (Phi) is 3.66. The van der Waals surface area contributed by atoms with Crippen molar-refractivity contribution in [2.45, 2.75) is 6.92 Å². The number of aromatic nitrogens is 2. The molecule has 0 fully saturated rings. The van der Waals surface area contributed by atoms with Gasteiger partial charge in [0.2, 0.25) is 0 Å². The second-order valence-corrected chi connectivity index (χ2v) is 6.08. The Bertz CT molecular complexity index is 944. The Labute approximate surface area is 141 Å². The van der Waals surface area contributed by atoms with Gasteiger partial charge in [0.1, 0.15) is 18.9 Å². The van der Waals surface area contributed by atoms with E-state index in [0.29, 0.717) is 30.4 Å². The van der Waals surface area contributed by atoms with Gasteiger partial charge in [0.25, 0.3) is 5.91 Å². The van der Waals surface area contributed by atoms with Gasteiger partial charge in [-0.25, -0.2) is 10.4 Å². The summed E-state index contributed by atoms with van der Waals surface area (Å²) < 4.78 is 12.7. The zero-order valence-corrected chi connectivity index (χ0v) is 13.7. The minimum Gasteiger partial charge on any atom is -0.486 e. The van der Waals surface area contributed by atoms with Gasteiger partial charge in [-0.2, -0.15) is 5.10 Å². The van der Waals surface area contributed by atoms with Crippen molar-refractivity contribution >= 4 is 28.4 Å². The van der Waals surface area contributed by atoms with Crippen LogP contribution >= 0.6 is 11.3 Å². The minimum atomic E-state index is -0.299. The van der Waals surface area contributed by atoms with Crippen molar-refractivity contribution in [1.82, 2.24) is 14.8 Å². The quantitative estimate of drug-likeness (QED) is 0.585. The third kappa shape index (κ3) is 2.61. The first-order valence-corrected chi connectivity index (χ1v) is 8.25. The molecule has 24 heavy (non-hydrogen) atoms. The molecule has 0 unspecified atom stereocenters. The van der Waals surface area contributed by atoms with Crippen LogP contribution < -0.4 is 14.9 Å².